The topological polar surface area (TPSA) is 83.6 Å². The number of rotatable bonds is 5. The largest absolute Gasteiger partial charge is 0.444 e. The number of alkyl carbamates (subject to hydrolysis) is 1. The third-order valence-electron chi connectivity index (χ3n) is 6.95. The maximum atomic E-state index is 14.1. The van der Waals surface area contributed by atoms with Crippen LogP contribution in [-0.4, -0.2) is 40.1 Å². The summed E-state index contributed by atoms with van der Waals surface area (Å²) in [6.45, 7) is 8.53. The molecular weight excluding hydrogens is 503 g/mol. The molecule has 1 unspecified atom stereocenters. The van der Waals surface area contributed by atoms with E-state index in [1.165, 1.54) is 12.1 Å². The number of thiazole rings is 1. The highest BCUT2D eigenvalue weighted by Gasteiger charge is 2.39. The van der Waals surface area contributed by atoms with Crippen LogP contribution in [0.4, 0.5) is 9.18 Å². The normalized spacial score (nSPS) is 20.9. The Balaban J connectivity index is 1.41. The van der Waals surface area contributed by atoms with E-state index in [-0.39, 0.29) is 17.8 Å². The van der Waals surface area contributed by atoms with Crippen molar-refractivity contribution in [2.45, 2.75) is 70.8 Å². The van der Waals surface area contributed by atoms with Gasteiger partial charge in [-0.2, -0.15) is 0 Å². The second-order valence-corrected chi connectivity index (χ2v) is 12.0. The number of carbonyl (C=O) groups is 2. The van der Waals surface area contributed by atoms with E-state index in [4.69, 9.17) is 4.74 Å². The Morgan fingerprint density at radius 3 is 2.66 bits per heavy atom. The van der Waals surface area contributed by atoms with Gasteiger partial charge < -0.3 is 15.4 Å². The van der Waals surface area contributed by atoms with E-state index in [1.807, 2.05) is 57.3 Å². The van der Waals surface area contributed by atoms with Crippen molar-refractivity contribution in [3.63, 3.8) is 0 Å². The van der Waals surface area contributed by atoms with Gasteiger partial charge in [0.25, 0.3) is 0 Å². The molecule has 7 nitrogen and oxygen atoms in total. The molecule has 200 valence electrons. The van der Waals surface area contributed by atoms with Crippen molar-refractivity contribution in [2.24, 2.45) is 0 Å². The maximum Gasteiger partial charge on any atom is 0.408 e. The Morgan fingerprint density at radius 1 is 1.13 bits per heavy atom. The van der Waals surface area contributed by atoms with Gasteiger partial charge in [0.2, 0.25) is 5.91 Å². The highest BCUT2D eigenvalue weighted by atomic mass is 32.1. The van der Waals surface area contributed by atoms with Gasteiger partial charge in [-0.1, -0.05) is 30.3 Å². The number of fused-ring (bicyclic) bond motifs is 2. The molecule has 9 heteroatoms. The first-order valence-corrected chi connectivity index (χ1v) is 13.8. The van der Waals surface area contributed by atoms with Gasteiger partial charge in [0.1, 0.15) is 17.5 Å². The van der Waals surface area contributed by atoms with E-state index in [2.05, 4.69) is 20.5 Å². The van der Waals surface area contributed by atoms with Gasteiger partial charge in [-0.05, 0) is 74.9 Å². The second-order valence-electron chi connectivity index (χ2n) is 11.0. The molecule has 2 aliphatic rings. The zero-order valence-electron chi connectivity index (χ0n) is 22.1. The molecule has 2 amide bonds. The van der Waals surface area contributed by atoms with Crippen LogP contribution < -0.4 is 10.6 Å². The van der Waals surface area contributed by atoms with Crippen molar-refractivity contribution in [3.8, 4) is 0 Å². The first-order valence-electron chi connectivity index (χ1n) is 12.9. The molecule has 5 rings (SSSR count). The minimum absolute atomic E-state index is 0.182. The summed E-state index contributed by atoms with van der Waals surface area (Å²) in [4.78, 5) is 33.4. The minimum atomic E-state index is -0.642. The Bertz CT molecular complexity index is 1350. The minimum Gasteiger partial charge on any atom is -0.444 e. The molecule has 0 spiro atoms. The molecule has 0 saturated heterocycles. The molecule has 2 heterocycles. The van der Waals surface area contributed by atoms with Crippen molar-refractivity contribution in [1.82, 2.24) is 20.5 Å². The molecule has 0 fully saturated rings. The molecule has 38 heavy (non-hydrogen) atoms. The van der Waals surface area contributed by atoms with Crippen molar-refractivity contribution in [1.29, 1.82) is 0 Å². The van der Waals surface area contributed by atoms with Crippen LogP contribution >= 0.6 is 11.3 Å². The number of nitrogens with zero attached hydrogens (tertiary/aromatic N) is 2. The van der Waals surface area contributed by atoms with E-state index < -0.39 is 23.8 Å². The summed E-state index contributed by atoms with van der Waals surface area (Å²) in [6.07, 6.45) is 0.700. The third kappa shape index (κ3) is 5.73. The Labute approximate surface area is 226 Å². The lowest BCUT2D eigenvalue weighted by molar-refractivity contribution is -0.128. The van der Waals surface area contributed by atoms with Gasteiger partial charge in [-0.15, -0.1) is 11.3 Å². The van der Waals surface area contributed by atoms with Gasteiger partial charge in [0.05, 0.1) is 22.8 Å². The van der Waals surface area contributed by atoms with E-state index in [0.29, 0.717) is 25.9 Å². The van der Waals surface area contributed by atoms with Crippen molar-refractivity contribution in [3.05, 3.63) is 86.6 Å². The van der Waals surface area contributed by atoms with Crippen LogP contribution in [-0.2, 0) is 28.9 Å². The molecule has 3 atom stereocenters. The monoisotopic (exact) mass is 536 g/mol. The summed E-state index contributed by atoms with van der Waals surface area (Å²) in [5, 5.41) is 9.20. The number of hydrogen-bond donors (Lipinski definition) is 2. The highest BCUT2D eigenvalue weighted by molar-refractivity contribution is 7.09. The number of aryl methyl sites for hydroxylation is 1. The van der Waals surface area contributed by atoms with Crippen LogP contribution in [0.15, 0.2) is 47.8 Å². The summed E-state index contributed by atoms with van der Waals surface area (Å²) in [5.74, 6) is -0.488. The fraction of sp³-hybridized carbons (Fsp3) is 0.414. The van der Waals surface area contributed by atoms with E-state index in [1.54, 1.807) is 17.4 Å². The smallest absolute Gasteiger partial charge is 0.408 e. The van der Waals surface area contributed by atoms with Gasteiger partial charge in [-0.3, -0.25) is 9.69 Å². The summed E-state index contributed by atoms with van der Waals surface area (Å²) in [6, 6.07) is 11.1. The lowest BCUT2D eigenvalue weighted by Crippen LogP contribution is -2.50. The molecule has 1 aliphatic heterocycles. The van der Waals surface area contributed by atoms with E-state index in [9.17, 15) is 14.0 Å². The van der Waals surface area contributed by atoms with Crippen molar-refractivity contribution >= 4 is 23.3 Å². The fourth-order valence-electron chi connectivity index (χ4n) is 5.42. The lowest BCUT2D eigenvalue weighted by atomic mass is 9.91. The van der Waals surface area contributed by atoms with Crippen LogP contribution in [0.5, 0.6) is 0 Å². The Hall–Kier alpha value is -3.30. The van der Waals surface area contributed by atoms with Crippen LogP contribution in [0.1, 0.15) is 65.8 Å². The van der Waals surface area contributed by atoms with Crippen molar-refractivity contribution < 1.29 is 18.7 Å². The first kappa shape index (κ1) is 26.3. The van der Waals surface area contributed by atoms with Gasteiger partial charge in [-0.25, -0.2) is 14.2 Å². The number of aromatic nitrogens is 1. The summed E-state index contributed by atoms with van der Waals surface area (Å²) in [7, 11) is 0. The number of ether oxygens (including phenoxy) is 1. The Morgan fingerprint density at radius 2 is 1.92 bits per heavy atom. The molecule has 1 aliphatic carbocycles. The van der Waals surface area contributed by atoms with E-state index >= 15 is 0 Å². The summed E-state index contributed by atoms with van der Waals surface area (Å²) in [5.41, 5.74) is 3.94. The standard InChI is InChI=1S/C29H33FN4O3S/c1-17-31-21(16-38-17)15-34-12-11-19-13-20(30)9-10-23(19)26(34)27(35)32-24-14-18-7-5-6-8-22(18)25(24)33-28(36)37-29(2,3)4/h5-10,13,16,24-26H,11-12,14-15H2,1-4H3,(H,32,35)(H,33,36)/t24-,25-,26?/m0/s1. The van der Waals surface area contributed by atoms with Gasteiger partial charge >= 0.3 is 6.09 Å². The number of halogens is 1. The average Bonchev–Trinajstić information content (AvgIpc) is 3.40. The quantitative estimate of drug-likeness (QED) is 0.480. The first-order chi connectivity index (χ1) is 18.1. The molecule has 3 aromatic rings. The molecule has 0 bridgehead atoms. The zero-order chi connectivity index (χ0) is 27.0. The number of carbonyl (C=O) groups excluding carboxylic acids is 2. The Kier molecular flexibility index (Phi) is 7.24. The number of hydrogen-bond acceptors (Lipinski definition) is 6. The maximum absolute atomic E-state index is 14.1. The van der Waals surface area contributed by atoms with Crippen LogP contribution in [0.3, 0.4) is 0 Å². The SMILES string of the molecule is Cc1nc(CN2CCc3cc(F)ccc3C2C(=O)N[C@H]2Cc3ccccc3[C@@H]2NC(=O)OC(C)(C)C)cs1. The number of amides is 2. The molecule has 1 aromatic heterocycles. The highest BCUT2D eigenvalue weighted by Crippen LogP contribution is 2.35. The third-order valence-corrected chi connectivity index (χ3v) is 7.77. The second kappa shape index (κ2) is 10.5. The van der Waals surface area contributed by atoms with Crippen LogP contribution in [0, 0.1) is 12.7 Å². The predicted molar refractivity (Wildman–Crippen MR) is 144 cm³/mol. The predicted octanol–water partition coefficient (Wildman–Crippen LogP) is 5.00. The van der Waals surface area contributed by atoms with E-state index in [0.717, 1.165) is 33.0 Å². The number of nitrogens with one attached hydrogen (secondary N) is 2. The molecule has 0 radical (unpaired) electrons. The summed E-state index contributed by atoms with van der Waals surface area (Å²) >= 11 is 1.58. The van der Waals surface area contributed by atoms with Gasteiger partial charge in [0, 0.05) is 18.5 Å². The average molecular weight is 537 g/mol. The van der Waals surface area contributed by atoms with Crippen LogP contribution in [0.2, 0.25) is 0 Å². The molecule has 2 aromatic carbocycles. The van der Waals surface area contributed by atoms with Gasteiger partial charge in [0.15, 0.2) is 0 Å². The van der Waals surface area contributed by atoms with Crippen LogP contribution in [0.25, 0.3) is 0 Å². The zero-order valence-corrected chi connectivity index (χ0v) is 22.9. The summed E-state index contributed by atoms with van der Waals surface area (Å²) < 4.78 is 19.6. The molecule has 2 N–H and O–H groups in total. The number of benzene rings is 2. The van der Waals surface area contributed by atoms with Crippen molar-refractivity contribution in [2.75, 3.05) is 6.54 Å². The molecular formula is C29H33FN4O3S. The lowest BCUT2D eigenvalue weighted by Gasteiger charge is -2.37. The fourth-order valence-corrected chi connectivity index (χ4v) is 6.02. The molecule has 0 saturated carbocycles.